The zero-order valence-electron chi connectivity index (χ0n) is 19.1. The van der Waals surface area contributed by atoms with Crippen molar-refractivity contribution in [2.75, 3.05) is 37.7 Å². The van der Waals surface area contributed by atoms with Gasteiger partial charge >= 0.3 is 0 Å². The third-order valence-electron chi connectivity index (χ3n) is 4.80. The van der Waals surface area contributed by atoms with Gasteiger partial charge in [-0.3, -0.25) is 9.10 Å². The molecule has 3 aromatic rings. The number of nitrogens with one attached hydrogen (secondary N) is 1. The number of hydrogen-bond acceptors (Lipinski definition) is 6. The van der Waals surface area contributed by atoms with Crippen LogP contribution >= 0.6 is 0 Å². The minimum absolute atomic E-state index is 0.0805. The number of sulfonamides is 1. The van der Waals surface area contributed by atoms with Crippen LogP contribution in [0.25, 0.3) is 0 Å². The minimum Gasteiger partial charge on any atom is -0.497 e. The van der Waals surface area contributed by atoms with Crippen LogP contribution in [0.5, 0.6) is 17.2 Å². The van der Waals surface area contributed by atoms with Crippen molar-refractivity contribution in [2.24, 2.45) is 0 Å². The van der Waals surface area contributed by atoms with Gasteiger partial charge < -0.3 is 19.5 Å². The summed E-state index contributed by atoms with van der Waals surface area (Å²) in [6, 6.07) is 21.8. The van der Waals surface area contributed by atoms with E-state index in [-0.39, 0.29) is 23.7 Å². The molecule has 0 bridgehead atoms. The molecule has 0 radical (unpaired) electrons. The Bertz CT molecular complexity index is 1170. The first-order valence-corrected chi connectivity index (χ1v) is 12.2. The largest absolute Gasteiger partial charge is 0.497 e. The number of nitrogens with zero attached hydrogens (tertiary/aromatic N) is 1. The summed E-state index contributed by atoms with van der Waals surface area (Å²) in [7, 11) is -2.44. The fourth-order valence-corrected chi connectivity index (χ4v) is 4.63. The van der Waals surface area contributed by atoms with Crippen LogP contribution in [-0.4, -0.2) is 47.7 Å². The monoisotopic (exact) mass is 484 g/mol. The molecule has 0 unspecified atom stereocenters. The second-order valence-corrected chi connectivity index (χ2v) is 8.96. The lowest BCUT2D eigenvalue weighted by molar-refractivity contribution is -0.119. The number of ether oxygens (including phenoxy) is 3. The molecule has 0 spiro atoms. The number of para-hydroxylation sites is 2. The fourth-order valence-electron chi connectivity index (χ4n) is 3.18. The number of benzene rings is 3. The first kappa shape index (κ1) is 24.9. The van der Waals surface area contributed by atoms with Gasteiger partial charge in [0.1, 0.15) is 30.4 Å². The Kier molecular flexibility index (Phi) is 8.75. The SMILES string of the molecule is CCOc1ccccc1N(CC(=O)NCCOc1ccc(OC)cc1)S(=O)(=O)c1ccccc1. The summed E-state index contributed by atoms with van der Waals surface area (Å²) in [5.41, 5.74) is 0.290. The molecule has 9 heteroatoms. The van der Waals surface area contributed by atoms with Crippen LogP contribution < -0.4 is 23.8 Å². The van der Waals surface area contributed by atoms with Gasteiger partial charge in [0.25, 0.3) is 10.0 Å². The van der Waals surface area contributed by atoms with Gasteiger partial charge in [-0.2, -0.15) is 0 Å². The van der Waals surface area contributed by atoms with E-state index in [1.54, 1.807) is 73.8 Å². The van der Waals surface area contributed by atoms with Gasteiger partial charge in [-0.05, 0) is 55.5 Å². The van der Waals surface area contributed by atoms with E-state index in [2.05, 4.69) is 5.32 Å². The zero-order chi connectivity index (χ0) is 24.4. The van der Waals surface area contributed by atoms with Crippen molar-refractivity contribution >= 4 is 21.6 Å². The van der Waals surface area contributed by atoms with Crippen molar-refractivity contribution in [1.82, 2.24) is 5.32 Å². The van der Waals surface area contributed by atoms with Crippen LogP contribution in [0.2, 0.25) is 0 Å². The maximum absolute atomic E-state index is 13.4. The highest BCUT2D eigenvalue weighted by Crippen LogP contribution is 2.32. The molecule has 0 saturated carbocycles. The third kappa shape index (κ3) is 6.41. The Hall–Kier alpha value is -3.72. The summed E-state index contributed by atoms with van der Waals surface area (Å²) in [5, 5.41) is 2.72. The Balaban J connectivity index is 1.72. The van der Waals surface area contributed by atoms with Crippen LogP contribution in [0.3, 0.4) is 0 Å². The van der Waals surface area contributed by atoms with E-state index >= 15 is 0 Å². The molecule has 0 saturated heterocycles. The highest BCUT2D eigenvalue weighted by atomic mass is 32.2. The van der Waals surface area contributed by atoms with Crippen LogP contribution in [-0.2, 0) is 14.8 Å². The molecule has 180 valence electrons. The van der Waals surface area contributed by atoms with Crippen LogP contribution in [0.4, 0.5) is 5.69 Å². The molecule has 0 heterocycles. The lowest BCUT2D eigenvalue weighted by atomic mass is 10.3. The predicted molar refractivity (Wildman–Crippen MR) is 130 cm³/mol. The molecule has 0 atom stereocenters. The summed E-state index contributed by atoms with van der Waals surface area (Å²) >= 11 is 0. The molecule has 0 aliphatic heterocycles. The molecular formula is C25H28N2O6S. The first-order valence-electron chi connectivity index (χ1n) is 10.8. The fraction of sp³-hybridized carbons (Fsp3) is 0.240. The first-order chi connectivity index (χ1) is 16.5. The zero-order valence-corrected chi connectivity index (χ0v) is 20.0. The number of rotatable bonds is 12. The maximum atomic E-state index is 13.4. The van der Waals surface area contributed by atoms with Gasteiger partial charge in [0.2, 0.25) is 5.91 Å². The van der Waals surface area contributed by atoms with Crippen LogP contribution in [0.1, 0.15) is 6.92 Å². The molecule has 1 N–H and O–H groups in total. The highest BCUT2D eigenvalue weighted by Gasteiger charge is 2.29. The summed E-state index contributed by atoms with van der Waals surface area (Å²) in [4.78, 5) is 12.8. The van der Waals surface area contributed by atoms with Crippen molar-refractivity contribution < 1.29 is 27.4 Å². The second kappa shape index (κ2) is 11.9. The second-order valence-electron chi connectivity index (χ2n) is 7.10. The van der Waals surface area contributed by atoms with Crippen LogP contribution in [0, 0.1) is 0 Å². The average Bonchev–Trinajstić information content (AvgIpc) is 2.87. The van der Waals surface area contributed by atoms with E-state index in [1.165, 1.54) is 12.1 Å². The van der Waals surface area contributed by atoms with Crippen molar-refractivity contribution in [3.63, 3.8) is 0 Å². The lowest BCUT2D eigenvalue weighted by Crippen LogP contribution is -2.42. The molecule has 0 aliphatic rings. The van der Waals surface area contributed by atoms with Gasteiger partial charge in [-0.15, -0.1) is 0 Å². The number of methoxy groups -OCH3 is 1. The lowest BCUT2D eigenvalue weighted by Gasteiger charge is -2.26. The van der Waals surface area contributed by atoms with Crippen molar-refractivity contribution in [1.29, 1.82) is 0 Å². The van der Waals surface area contributed by atoms with Crippen molar-refractivity contribution in [3.8, 4) is 17.2 Å². The average molecular weight is 485 g/mol. The topological polar surface area (TPSA) is 94.2 Å². The van der Waals surface area contributed by atoms with Crippen molar-refractivity contribution in [3.05, 3.63) is 78.9 Å². The number of carbonyl (C=O) groups excluding carboxylic acids is 1. The van der Waals surface area contributed by atoms with Gasteiger partial charge in [0, 0.05) is 0 Å². The maximum Gasteiger partial charge on any atom is 0.264 e. The Morgan fingerprint density at radius 3 is 2.21 bits per heavy atom. The summed E-state index contributed by atoms with van der Waals surface area (Å²) < 4.78 is 44.3. The van der Waals surface area contributed by atoms with E-state index in [0.29, 0.717) is 23.9 Å². The van der Waals surface area contributed by atoms with Crippen LogP contribution in [0.15, 0.2) is 83.8 Å². The van der Waals surface area contributed by atoms with E-state index in [0.717, 1.165) is 4.31 Å². The van der Waals surface area contributed by atoms with Gasteiger partial charge in [-0.25, -0.2) is 8.42 Å². The third-order valence-corrected chi connectivity index (χ3v) is 6.58. The van der Waals surface area contributed by atoms with E-state index in [1.807, 2.05) is 6.92 Å². The highest BCUT2D eigenvalue weighted by molar-refractivity contribution is 7.92. The summed E-state index contributed by atoms with van der Waals surface area (Å²) in [6.45, 7) is 2.17. The van der Waals surface area contributed by atoms with Gasteiger partial charge in [0.15, 0.2) is 0 Å². The number of anilines is 1. The quantitative estimate of drug-likeness (QED) is 0.396. The summed E-state index contributed by atoms with van der Waals surface area (Å²) in [5.74, 6) is 1.26. The van der Waals surface area contributed by atoms with Crippen molar-refractivity contribution in [2.45, 2.75) is 11.8 Å². The Morgan fingerprint density at radius 1 is 0.882 bits per heavy atom. The normalized spacial score (nSPS) is 10.9. The smallest absolute Gasteiger partial charge is 0.264 e. The number of amides is 1. The van der Waals surface area contributed by atoms with Gasteiger partial charge in [0.05, 0.1) is 30.8 Å². The molecule has 34 heavy (non-hydrogen) atoms. The summed E-state index contributed by atoms with van der Waals surface area (Å²) in [6.07, 6.45) is 0. The molecule has 0 aliphatic carbocycles. The predicted octanol–water partition coefficient (Wildman–Crippen LogP) is 3.48. The number of carbonyl (C=O) groups is 1. The Morgan fingerprint density at radius 2 is 1.53 bits per heavy atom. The van der Waals surface area contributed by atoms with E-state index < -0.39 is 22.5 Å². The van der Waals surface area contributed by atoms with E-state index in [4.69, 9.17) is 14.2 Å². The molecular weight excluding hydrogens is 456 g/mol. The van der Waals surface area contributed by atoms with Gasteiger partial charge in [-0.1, -0.05) is 30.3 Å². The molecule has 8 nitrogen and oxygen atoms in total. The van der Waals surface area contributed by atoms with E-state index in [9.17, 15) is 13.2 Å². The minimum atomic E-state index is -4.02. The molecule has 0 aromatic heterocycles. The molecule has 0 fully saturated rings. The Labute approximate surface area is 200 Å². The molecule has 1 amide bonds. The molecule has 3 aromatic carbocycles. The standard InChI is InChI=1S/C25H28N2O6S/c1-3-32-24-12-8-7-11-23(24)27(34(29,30)22-9-5-4-6-10-22)19-25(28)26-17-18-33-21-15-13-20(31-2)14-16-21/h4-16H,3,17-19H2,1-2H3,(H,26,28). The molecule has 3 rings (SSSR count). The number of hydrogen-bond donors (Lipinski definition) is 1.